The molecule has 1 aromatic carbocycles. The zero-order valence-electron chi connectivity index (χ0n) is 13.1. The largest absolute Gasteiger partial charge is 0.384 e. The van der Waals surface area contributed by atoms with Crippen molar-refractivity contribution in [2.75, 3.05) is 13.2 Å². The van der Waals surface area contributed by atoms with Gasteiger partial charge in [-0.25, -0.2) is 0 Å². The Hall–Kier alpha value is -1.83. The molecule has 0 aliphatic carbocycles. The summed E-state index contributed by atoms with van der Waals surface area (Å²) in [6.07, 6.45) is 0. The van der Waals surface area contributed by atoms with E-state index >= 15 is 0 Å². The normalized spacial score (nSPS) is 12.2. The van der Waals surface area contributed by atoms with E-state index in [0.717, 1.165) is 11.1 Å². The first-order chi connectivity index (χ1) is 9.81. The number of amides is 1. The molecule has 0 spiro atoms. The molecule has 1 unspecified atom stereocenters. The molecule has 0 fully saturated rings. The molecule has 0 radical (unpaired) electrons. The molecule has 0 saturated heterocycles. The van der Waals surface area contributed by atoms with E-state index in [2.05, 4.69) is 17.2 Å². The van der Waals surface area contributed by atoms with Gasteiger partial charge in [0.2, 0.25) is 5.91 Å². The van der Waals surface area contributed by atoms with Crippen molar-refractivity contribution in [3.05, 3.63) is 35.4 Å². The van der Waals surface area contributed by atoms with Crippen molar-refractivity contribution in [3.8, 4) is 11.8 Å². The van der Waals surface area contributed by atoms with E-state index < -0.39 is 0 Å². The van der Waals surface area contributed by atoms with Gasteiger partial charge in [0.1, 0.15) is 13.2 Å². The molecule has 0 heterocycles. The number of aliphatic hydroxyl groups is 1. The van der Waals surface area contributed by atoms with Crippen molar-refractivity contribution in [2.24, 2.45) is 0 Å². The van der Waals surface area contributed by atoms with Gasteiger partial charge in [-0.2, -0.15) is 0 Å². The maximum atomic E-state index is 11.8. The molecular formula is C17H23NO3. The molecule has 1 amide bonds. The average Bonchev–Trinajstić information content (AvgIpc) is 2.42. The lowest BCUT2D eigenvalue weighted by molar-refractivity contribution is -0.131. The van der Waals surface area contributed by atoms with Crippen LogP contribution in [0.5, 0.6) is 0 Å². The Bertz CT molecular complexity index is 535. The van der Waals surface area contributed by atoms with Gasteiger partial charge in [0.15, 0.2) is 0 Å². The Kier molecular flexibility index (Phi) is 6.41. The zero-order chi connectivity index (χ0) is 15.9. The number of hydrogen-bond acceptors (Lipinski definition) is 3. The Morgan fingerprint density at radius 3 is 2.76 bits per heavy atom. The molecule has 0 bridgehead atoms. The van der Waals surface area contributed by atoms with Crippen molar-refractivity contribution < 1.29 is 14.6 Å². The van der Waals surface area contributed by atoms with Gasteiger partial charge in [0.05, 0.1) is 11.6 Å². The van der Waals surface area contributed by atoms with Crippen molar-refractivity contribution in [1.82, 2.24) is 5.32 Å². The van der Waals surface area contributed by atoms with Crippen molar-refractivity contribution >= 4 is 5.91 Å². The van der Waals surface area contributed by atoms with Gasteiger partial charge < -0.3 is 15.2 Å². The van der Waals surface area contributed by atoms with E-state index in [0.29, 0.717) is 0 Å². The summed E-state index contributed by atoms with van der Waals surface area (Å²) in [4.78, 5) is 11.8. The lowest BCUT2D eigenvalue weighted by Crippen LogP contribution is -2.33. The third-order valence-corrected chi connectivity index (χ3v) is 2.71. The highest BCUT2D eigenvalue weighted by molar-refractivity contribution is 5.77. The summed E-state index contributed by atoms with van der Waals surface area (Å²) >= 11 is 0. The highest BCUT2D eigenvalue weighted by Gasteiger charge is 2.15. The molecule has 0 aliphatic heterocycles. The minimum Gasteiger partial charge on any atom is -0.384 e. The molecule has 21 heavy (non-hydrogen) atoms. The van der Waals surface area contributed by atoms with Gasteiger partial charge in [-0.1, -0.05) is 24.0 Å². The summed E-state index contributed by atoms with van der Waals surface area (Å²) in [5, 5.41) is 11.6. The van der Waals surface area contributed by atoms with Crippen LogP contribution < -0.4 is 5.32 Å². The van der Waals surface area contributed by atoms with E-state index in [4.69, 9.17) is 9.84 Å². The summed E-state index contributed by atoms with van der Waals surface area (Å²) in [6, 6.07) is 7.45. The van der Waals surface area contributed by atoms with Gasteiger partial charge in [0, 0.05) is 5.56 Å². The number of hydrogen-bond donors (Lipinski definition) is 2. The Balaban J connectivity index is 2.63. The van der Waals surface area contributed by atoms with Crippen LogP contribution in [0.2, 0.25) is 0 Å². The van der Waals surface area contributed by atoms with Crippen LogP contribution >= 0.6 is 0 Å². The highest BCUT2D eigenvalue weighted by atomic mass is 16.5. The molecule has 0 aromatic heterocycles. The van der Waals surface area contributed by atoms with Crippen LogP contribution in [-0.4, -0.2) is 29.8 Å². The molecule has 1 rings (SSSR count). The van der Waals surface area contributed by atoms with Crippen LogP contribution in [0.25, 0.3) is 0 Å². The predicted octanol–water partition coefficient (Wildman–Crippen LogP) is 2.02. The Morgan fingerprint density at radius 1 is 1.43 bits per heavy atom. The molecule has 0 aliphatic rings. The third kappa shape index (κ3) is 6.94. The van der Waals surface area contributed by atoms with E-state index in [1.54, 1.807) is 0 Å². The molecule has 1 atom stereocenters. The number of rotatable bonds is 4. The summed E-state index contributed by atoms with van der Waals surface area (Å²) in [5.41, 5.74) is 1.44. The zero-order valence-corrected chi connectivity index (χ0v) is 13.1. The van der Waals surface area contributed by atoms with Crippen molar-refractivity contribution in [2.45, 2.75) is 39.3 Å². The fourth-order valence-electron chi connectivity index (χ4n) is 1.68. The summed E-state index contributed by atoms with van der Waals surface area (Å²) < 4.78 is 5.44. The van der Waals surface area contributed by atoms with Crippen LogP contribution in [0.1, 0.15) is 44.9 Å². The SMILES string of the molecule is CC(NC(=O)COC(C)(C)C)c1cccc(C#CCO)c1. The Labute approximate surface area is 126 Å². The molecule has 4 heteroatoms. The second-order valence-corrected chi connectivity index (χ2v) is 5.78. The predicted molar refractivity (Wildman–Crippen MR) is 82.7 cm³/mol. The molecule has 4 nitrogen and oxygen atoms in total. The molecular weight excluding hydrogens is 266 g/mol. The minimum absolute atomic E-state index is 0.0395. The highest BCUT2D eigenvalue weighted by Crippen LogP contribution is 2.14. The third-order valence-electron chi connectivity index (χ3n) is 2.71. The van der Waals surface area contributed by atoms with Crippen molar-refractivity contribution in [3.63, 3.8) is 0 Å². The number of ether oxygens (including phenoxy) is 1. The van der Waals surface area contributed by atoms with E-state index in [-0.39, 0.29) is 30.8 Å². The summed E-state index contributed by atoms with van der Waals surface area (Å²) in [5.74, 6) is 5.31. The fraction of sp³-hybridized carbons (Fsp3) is 0.471. The van der Waals surface area contributed by atoms with Crippen LogP contribution in [0.15, 0.2) is 24.3 Å². The van der Waals surface area contributed by atoms with Gasteiger partial charge in [-0.05, 0) is 45.4 Å². The van der Waals surface area contributed by atoms with E-state index in [1.807, 2.05) is 52.0 Å². The van der Waals surface area contributed by atoms with E-state index in [9.17, 15) is 4.79 Å². The number of benzene rings is 1. The van der Waals surface area contributed by atoms with Gasteiger partial charge >= 0.3 is 0 Å². The first kappa shape index (κ1) is 17.2. The number of carbonyl (C=O) groups excluding carboxylic acids is 1. The fourth-order valence-corrected chi connectivity index (χ4v) is 1.68. The van der Waals surface area contributed by atoms with Gasteiger partial charge in [-0.15, -0.1) is 0 Å². The maximum absolute atomic E-state index is 11.8. The smallest absolute Gasteiger partial charge is 0.246 e. The lowest BCUT2D eigenvalue weighted by atomic mass is 10.1. The molecule has 114 valence electrons. The Morgan fingerprint density at radius 2 is 2.14 bits per heavy atom. The van der Waals surface area contributed by atoms with Crippen molar-refractivity contribution in [1.29, 1.82) is 0 Å². The number of carbonyl (C=O) groups is 1. The lowest BCUT2D eigenvalue weighted by Gasteiger charge is -2.20. The molecule has 0 saturated carbocycles. The van der Waals surface area contributed by atoms with Crippen LogP contribution in [-0.2, 0) is 9.53 Å². The minimum atomic E-state index is -0.333. The average molecular weight is 289 g/mol. The van der Waals surface area contributed by atoms with Gasteiger partial charge in [0.25, 0.3) is 0 Å². The summed E-state index contributed by atoms with van der Waals surface area (Å²) in [6.45, 7) is 7.51. The van der Waals surface area contributed by atoms with Crippen LogP contribution in [0, 0.1) is 11.8 Å². The maximum Gasteiger partial charge on any atom is 0.246 e. The first-order valence-corrected chi connectivity index (χ1v) is 6.95. The monoisotopic (exact) mass is 289 g/mol. The standard InChI is InChI=1S/C17H23NO3/c1-13(18-16(20)12-21-17(2,3)4)15-9-5-7-14(11-15)8-6-10-19/h5,7,9,11,13,19H,10,12H2,1-4H3,(H,18,20). The summed E-state index contributed by atoms with van der Waals surface area (Å²) in [7, 11) is 0. The second kappa shape index (κ2) is 7.82. The second-order valence-electron chi connectivity index (χ2n) is 5.78. The van der Waals surface area contributed by atoms with Crippen LogP contribution in [0.4, 0.5) is 0 Å². The quantitative estimate of drug-likeness (QED) is 0.834. The number of aliphatic hydroxyl groups excluding tert-OH is 1. The van der Waals surface area contributed by atoms with Crippen LogP contribution in [0.3, 0.4) is 0 Å². The number of nitrogens with one attached hydrogen (secondary N) is 1. The van der Waals surface area contributed by atoms with Gasteiger partial charge in [-0.3, -0.25) is 4.79 Å². The molecule has 1 aromatic rings. The van der Waals surface area contributed by atoms with E-state index in [1.165, 1.54) is 0 Å². The first-order valence-electron chi connectivity index (χ1n) is 6.95. The molecule has 2 N–H and O–H groups in total. The topological polar surface area (TPSA) is 58.6 Å².